The highest BCUT2D eigenvalue weighted by Crippen LogP contribution is 2.53. The number of benzene rings is 11. The first-order valence-electron chi connectivity index (χ1n) is 28.4. The molecule has 0 saturated heterocycles. The summed E-state index contributed by atoms with van der Waals surface area (Å²) in [5.74, 6) is 1.78. The van der Waals surface area contributed by atoms with Crippen LogP contribution in [-0.2, 0) is 10.8 Å². The molecule has 0 spiro atoms. The van der Waals surface area contributed by atoms with E-state index in [2.05, 4.69) is 317 Å². The van der Waals surface area contributed by atoms with E-state index >= 15 is 0 Å². The maximum atomic E-state index is 5.25. The lowest BCUT2D eigenvalue weighted by Crippen LogP contribution is -2.17. The van der Waals surface area contributed by atoms with Gasteiger partial charge in [-0.15, -0.1) is 0 Å². The van der Waals surface area contributed by atoms with Gasteiger partial charge in [0, 0.05) is 43.7 Å². The number of hydrogen-bond acceptors (Lipinski definition) is 4. The molecule has 4 nitrogen and oxygen atoms in total. The zero-order valence-corrected chi connectivity index (χ0v) is 46.3. The molecule has 0 saturated carbocycles. The summed E-state index contributed by atoms with van der Waals surface area (Å²) in [6, 6.07) is 92.4. The highest BCUT2D eigenvalue weighted by molar-refractivity contribution is 6.01. The van der Waals surface area contributed by atoms with Gasteiger partial charge in [0.25, 0.3) is 0 Å². The van der Waals surface area contributed by atoms with Crippen LogP contribution in [0.15, 0.2) is 255 Å². The smallest absolute Gasteiger partial charge is 0.138 e. The number of nitrogens with zero attached hydrogens (tertiary/aromatic N) is 4. The van der Waals surface area contributed by atoms with Crippen molar-refractivity contribution in [3.8, 4) is 22.3 Å². The van der Waals surface area contributed by atoms with Crippen molar-refractivity contribution in [2.45, 2.75) is 38.5 Å². The van der Waals surface area contributed by atoms with Gasteiger partial charge in [0.15, 0.2) is 0 Å². The lowest BCUT2D eigenvalue weighted by atomic mass is 9.81. The summed E-state index contributed by atoms with van der Waals surface area (Å²) in [6.07, 6.45) is 8.95. The Morgan fingerprint density at radius 1 is 0.293 bits per heavy atom. The van der Waals surface area contributed by atoms with Crippen LogP contribution in [0.1, 0.15) is 72.2 Å². The molecule has 0 fully saturated rings. The van der Waals surface area contributed by atoms with Crippen LogP contribution in [0.25, 0.3) is 89.9 Å². The maximum Gasteiger partial charge on any atom is 0.138 e. The molecule has 390 valence electrons. The standard InChI is InChI=1S/C78H58N4/c1-77(2)67-47-53(35-41-63(67)65-43-39-59(49-69(65)77)81(73-25-13-19-55-15-5-9-21-61(55)73)75-45-37-57-17-7-11-23-71(57)79-75)33-31-51-27-29-52(30-28-51)32-34-54-36-42-64-66-44-40-60(50-70(66)78(3,4)68(64)48-54)82(74-26-14-20-56-16-6-10-22-62(56)74)76-46-38-58-18-8-12-24-72(58)80-76/h5-50H,1-4H3/b33-31+,34-32+. The molecule has 13 aromatic rings. The Bertz CT molecular complexity index is 4460. The fourth-order valence-corrected chi connectivity index (χ4v) is 13.0. The minimum atomic E-state index is -0.223. The quantitative estimate of drug-likeness (QED) is 0.128. The van der Waals surface area contributed by atoms with Crippen molar-refractivity contribution < 1.29 is 0 Å². The summed E-state index contributed by atoms with van der Waals surface area (Å²) in [5, 5.41) is 7.01. The molecule has 0 bridgehead atoms. The van der Waals surface area contributed by atoms with Gasteiger partial charge in [-0.05, 0) is 150 Å². The van der Waals surface area contributed by atoms with Crippen molar-refractivity contribution >= 4 is 102 Å². The monoisotopic (exact) mass is 1050 g/mol. The second-order valence-electron chi connectivity index (χ2n) is 23.0. The first-order valence-corrected chi connectivity index (χ1v) is 28.4. The van der Waals surface area contributed by atoms with Gasteiger partial charge in [-0.2, -0.15) is 0 Å². The van der Waals surface area contributed by atoms with E-state index in [0.717, 1.165) is 67.3 Å². The highest BCUT2D eigenvalue weighted by atomic mass is 15.2. The molecule has 0 aliphatic heterocycles. The largest absolute Gasteiger partial charge is 0.294 e. The van der Waals surface area contributed by atoms with E-state index in [9.17, 15) is 0 Å². The van der Waals surface area contributed by atoms with E-state index in [4.69, 9.17) is 9.97 Å². The molecule has 11 aromatic carbocycles. The van der Waals surface area contributed by atoms with E-state index in [1.54, 1.807) is 0 Å². The predicted octanol–water partition coefficient (Wildman–Crippen LogP) is 21.0. The lowest BCUT2D eigenvalue weighted by Gasteiger charge is -2.28. The van der Waals surface area contributed by atoms with E-state index in [1.165, 1.54) is 77.2 Å². The third kappa shape index (κ3) is 8.29. The van der Waals surface area contributed by atoms with Gasteiger partial charge in [0.1, 0.15) is 11.6 Å². The molecule has 2 aliphatic carbocycles. The number of pyridine rings is 2. The zero-order chi connectivity index (χ0) is 55.1. The van der Waals surface area contributed by atoms with E-state index < -0.39 is 0 Å². The molecule has 82 heavy (non-hydrogen) atoms. The molecule has 0 unspecified atom stereocenters. The van der Waals surface area contributed by atoms with Crippen LogP contribution in [0, 0.1) is 0 Å². The first kappa shape index (κ1) is 48.9. The van der Waals surface area contributed by atoms with Crippen molar-refractivity contribution in [1.29, 1.82) is 0 Å². The fraction of sp³-hybridized carbons (Fsp3) is 0.0769. The van der Waals surface area contributed by atoms with E-state index in [1.807, 2.05) is 0 Å². The van der Waals surface area contributed by atoms with Gasteiger partial charge in [-0.1, -0.05) is 234 Å². The molecule has 2 aromatic heterocycles. The summed E-state index contributed by atoms with van der Waals surface area (Å²) >= 11 is 0. The van der Waals surface area contributed by atoms with Crippen molar-refractivity contribution in [2.24, 2.45) is 0 Å². The zero-order valence-electron chi connectivity index (χ0n) is 46.3. The summed E-state index contributed by atoms with van der Waals surface area (Å²) in [5.41, 5.74) is 21.0. The average Bonchev–Trinajstić information content (AvgIpc) is 3.45. The summed E-state index contributed by atoms with van der Waals surface area (Å²) in [6.45, 7) is 9.46. The Kier molecular flexibility index (Phi) is 11.5. The Hall–Kier alpha value is -10.2. The third-order valence-electron chi connectivity index (χ3n) is 17.4. The van der Waals surface area contributed by atoms with Gasteiger partial charge >= 0.3 is 0 Å². The Morgan fingerprint density at radius 3 is 1.07 bits per heavy atom. The van der Waals surface area contributed by atoms with Crippen LogP contribution in [-0.4, -0.2) is 9.97 Å². The van der Waals surface area contributed by atoms with Crippen LogP contribution in [0.5, 0.6) is 0 Å². The van der Waals surface area contributed by atoms with Gasteiger partial charge in [-0.25, -0.2) is 9.97 Å². The van der Waals surface area contributed by atoms with Crippen LogP contribution < -0.4 is 9.80 Å². The van der Waals surface area contributed by atoms with Crippen molar-refractivity contribution in [3.63, 3.8) is 0 Å². The number of rotatable bonds is 10. The van der Waals surface area contributed by atoms with Gasteiger partial charge in [0.05, 0.1) is 22.4 Å². The molecule has 0 amide bonds. The normalized spacial score (nSPS) is 13.7. The van der Waals surface area contributed by atoms with Gasteiger partial charge in [-0.3, -0.25) is 9.80 Å². The second-order valence-corrected chi connectivity index (χ2v) is 23.0. The minimum absolute atomic E-state index is 0.223. The van der Waals surface area contributed by atoms with Crippen LogP contribution >= 0.6 is 0 Å². The lowest BCUT2D eigenvalue weighted by molar-refractivity contribution is 0.660. The van der Waals surface area contributed by atoms with Crippen LogP contribution in [0.4, 0.5) is 34.4 Å². The highest BCUT2D eigenvalue weighted by Gasteiger charge is 2.38. The Morgan fingerprint density at radius 2 is 0.634 bits per heavy atom. The molecule has 2 aliphatic rings. The predicted molar refractivity (Wildman–Crippen MR) is 347 cm³/mol. The third-order valence-corrected chi connectivity index (χ3v) is 17.4. The first-order chi connectivity index (χ1) is 40.1. The molecule has 0 N–H and O–H groups in total. The average molecular weight is 1050 g/mol. The van der Waals surface area contributed by atoms with Crippen molar-refractivity contribution in [3.05, 3.63) is 299 Å². The fourth-order valence-electron chi connectivity index (χ4n) is 13.0. The molecule has 4 heteroatoms. The second kappa shape index (κ2) is 19.3. The molecular formula is C78H58N4. The summed E-state index contributed by atoms with van der Waals surface area (Å²) in [4.78, 5) is 15.2. The number of aromatic nitrogens is 2. The SMILES string of the molecule is CC1(C)c2cc(/C=C/c3ccc(/C=C/c4ccc5c(c4)C(C)(C)c4cc(N(c6ccc7ccccc7n6)c6cccc7ccccc67)ccc4-5)cc3)ccc2-c2ccc(N(c3ccc4ccccc4n3)c3cccc4ccccc34)cc21. The number of anilines is 6. The summed E-state index contributed by atoms with van der Waals surface area (Å²) < 4.78 is 0. The van der Waals surface area contributed by atoms with E-state index in [-0.39, 0.29) is 10.8 Å². The topological polar surface area (TPSA) is 32.3 Å². The molecular weight excluding hydrogens is 993 g/mol. The molecule has 15 rings (SSSR count). The summed E-state index contributed by atoms with van der Waals surface area (Å²) in [7, 11) is 0. The van der Waals surface area contributed by atoms with Gasteiger partial charge < -0.3 is 0 Å². The molecule has 0 radical (unpaired) electrons. The number of fused-ring (bicyclic) bond motifs is 10. The molecule has 0 atom stereocenters. The van der Waals surface area contributed by atoms with Crippen LogP contribution in [0.3, 0.4) is 0 Å². The van der Waals surface area contributed by atoms with Crippen molar-refractivity contribution in [2.75, 3.05) is 9.80 Å². The number of hydrogen-bond donors (Lipinski definition) is 0. The van der Waals surface area contributed by atoms with E-state index in [0.29, 0.717) is 0 Å². The van der Waals surface area contributed by atoms with Crippen molar-refractivity contribution in [1.82, 2.24) is 9.97 Å². The Balaban J connectivity index is 0.672. The minimum Gasteiger partial charge on any atom is -0.294 e. The van der Waals surface area contributed by atoms with Crippen LogP contribution in [0.2, 0.25) is 0 Å². The maximum absolute atomic E-state index is 5.25. The van der Waals surface area contributed by atoms with Gasteiger partial charge in [0.2, 0.25) is 0 Å². The Labute approximate surface area is 479 Å². The molecule has 2 heterocycles. The number of para-hydroxylation sites is 2.